The maximum Gasteiger partial charge on any atom is 0.405 e. The van der Waals surface area contributed by atoms with Crippen LogP contribution in [-0.2, 0) is 16.0 Å². The SMILES string of the molecule is NC(=O)OC(Cc1c[nH]c2ccccc12)C(=O)NC1CCCCC1. The first kappa shape index (κ1) is 16.4. The number of H-pyrrole nitrogens is 1. The molecule has 1 aromatic heterocycles. The van der Waals surface area contributed by atoms with Crippen molar-refractivity contribution in [3.8, 4) is 0 Å². The number of ether oxygens (including phenoxy) is 1. The van der Waals surface area contributed by atoms with Crippen molar-refractivity contribution in [3.05, 3.63) is 36.0 Å². The number of primary amides is 1. The average molecular weight is 329 g/mol. The first-order valence-electron chi connectivity index (χ1n) is 8.45. The summed E-state index contributed by atoms with van der Waals surface area (Å²) in [7, 11) is 0. The summed E-state index contributed by atoms with van der Waals surface area (Å²) in [4.78, 5) is 26.9. The number of carbonyl (C=O) groups excluding carboxylic acids is 2. The van der Waals surface area contributed by atoms with Gasteiger partial charge in [0, 0.05) is 29.6 Å². The molecule has 0 spiro atoms. The number of nitrogens with two attached hydrogens (primary N) is 1. The first-order valence-corrected chi connectivity index (χ1v) is 8.45. The van der Waals surface area contributed by atoms with Gasteiger partial charge in [0.1, 0.15) is 0 Å². The topological polar surface area (TPSA) is 97.2 Å². The van der Waals surface area contributed by atoms with Crippen molar-refractivity contribution in [2.24, 2.45) is 5.73 Å². The van der Waals surface area contributed by atoms with Gasteiger partial charge in [-0.25, -0.2) is 4.79 Å². The van der Waals surface area contributed by atoms with Gasteiger partial charge in [0.05, 0.1) is 0 Å². The Kier molecular flexibility index (Phi) is 5.03. The summed E-state index contributed by atoms with van der Waals surface area (Å²) in [6.45, 7) is 0. The smallest absolute Gasteiger partial charge is 0.405 e. The van der Waals surface area contributed by atoms with E-state index in [1.54, 1.807) is 0 Å². The lowest BCUT2D eigenvalue weighted by atomic mass is 9.95. The lowest BCUT2D eigenvalue weighted by Gasteiger charge is -2.25. The molecule has 0 bridgehead atoms. The Hall–Kier alpha value is -2.50. The van der Waals surface area contributed by atoms with Gasteiger partial charge in [-0.15, -0.1) is 0 Å². The molecule has 3 rings (SSSR count). The number of rotatable bonds is 5. The highest BCUT2D eigenvalue weighted by Crippen LogP contribution is 2.21. The van der Waals surface area contributed by atoms with Crippen LogP contribution in [0.4, 0.5) is 4.79 Å². The molecule has 2 amide bonds. The van der Waals surface area contributed by atoms with Crippen LogP contribution in [0, 0.1) is 0 Å². The Labute approximate surface area is 140 Å². The van der Waals surface area contributed by atoms with Gasteiger partial charge in [0.2, 0.25) is 0 Å². The van der Waals surface area contributed by atoms with E-state index in [1.807, 2.05) is 30.5 Å². The fourth-order valence-electron chi connectivity index (χ4n) is 3.37. The molecule has 128 valence electrons. The van der Waals surface area contributed by atoms with Gasteiger partial charge < -0.3 is 20.8 Å². The molecule has 6 nitrogen and oxygen atoms in total. The standard InChI is InChI=1S/C18H23N3O3/c19-18(23)24-16(17(22)21-13-6-2-1-3-7-13)10-12-11-20-15-9-5-4-8-14(12)15/h4-5,8-9,11,13,16,20H,1-3,6-7,10H2,(H2,19,23)(H,21,22). The Morgan fingerprint density at radius 1 is 1.25 bits per heavy atom. The van der Waals surface area contributed by atoms with Gasteiger partial charge in [-0.3, -0.25) is 4.79 Å². The van der Waals surface area contributed by atoms with E-state index in [0.717, 1.165) is 42.1 Å². The molecule has 1 aromatic carbocycles. The van der Waals surface area contributed by atoms with Crippen LogP contribution >= 0.6 is 0 Å². The lowest BCUT2D eigenvalue weighted by Crippen LogP contribution is -2.45. The second-order valence-electron chi connectivity index (χ2n) is 6.33. The predicted molar refractivity (Wildman–Crippen MR) is 91.5 cm³/mol. The monoisotopic (exact) mass is 329 g/mol. The summed E-state index contributed by atoms with van der Waals surface area (Å²) in [5.41, 5.74) is 7.07. The molecular formula is C18H23N3O3. The van der Waals surface area contributed by atoms with Gasteiger partial charge in [-0.1, -0.05) is 37.5 Å². The minimum atomic E-state index is -0.932. The zero-order valence-electron chi connectivity index (χ0n) is 13.6. The Balaban J connectivity index is 1.73. The molecule has 1 fully saturated rings. The van der Waals surface area contributed by atoms with Crippen molar-refractivity contribution in [1.29, 1.82) is 0 Å². The summed E-state index contributed by atoms with van der Waals surface area (Å²) < 4.78 is 5.09. The van der Waals surface area contributed by atoms with Crippen LogP contribution in [0.15, 0.2) is 30.5 Å². The molecule has 4 N–H and O–H groups in total. The van der Waals surface area contributed by atoms with Crippen LogP contribution in [0.25, 0.3) is 10.9 Å². The molecule has 1 aliphatic rings. The van der Waals surface area contributed by atoms with Gasteiger partial charge in [-0.05, 0) is 24.5 Å². The second-order valence-corrected chi connectivity index (χ2v) is 6.33. The molecule has 1 heterocycles. The molecule has 1 unspecified atom stereocenters. The van der Waals surface area contributed by atoms with Crippen LogP contribution < -0.4 is 11.1 Å². The largest absolute Gasteiger partial charge is 0.436 e. The number of hydrogen-bond acceptors (Lipinski definition) is 3. The Morgan fingerprint density at radius 3 is 2.75 bits per heavy atom. The number of nitrogens with one attached hydrogen (secondary N) is 2. The summed E-state index contributed by atoms with van der Waals surface area (Å²) in [6.07, 6.45) is 5.69. The molecule has 0 aliphatic heterocycles. The third-order valence-corrected chi connectivity index (χ3v) is 4.58. The molecular weight excluding hydrogens is 306 g/mol. The Morgan fingerprint density at radius 2 is 2.00 bits per heavy atom. The molecule has 1 atom stereocenters. The van der Waals surface area contributed by atoms with E-state index in [9.17, 15) is 9.59 Å². The number of hydrogen-bond donors (Lipinski definition) is 3. The van der Waals surface area contributed by atoms with Crippen molar-refractivity contribution >= 4 is 22.9 Å². The summed E-state index contributed by atoms with van der Waals surface area (Å²) in [5.74, 6) is -0.272. The molecule has 6 heteroatoms. The number of amides is 2. The van der Waals surface area contributed by atoms with E-state index in [1.165, 1.54) is 6.42 Å². The van der Waals surface area contributed by atoms with Crippen LogP contribution in [0.3, 0.4) is 0 Å². The normalized spacial score (nSPS) is 16.7. The van der Waals surface area contributed by atoms with Crippen LogP contribution in [0.5, 0.6) is 0 Å². The summed E-state index contributed by atoms with van der Waals surface area (Å²) in [5, 5.41) is 4.02. The van der Waals surface area contributed by atoms with Crippen molar-refractivity contribution in [2.45, 2.75) is 50.7 Å². The fraction of sp³-hybridized carbons (Fsp3) is 0.444. The molecule has 2 aromatic rings. The van der Waals surface area contributed by atoms with E-state index in [2.05, 4.69) is 10.3 Å². The zero-order valence-corrected chi connectivity index (χ0v) is 13.6. The van der Waals surface area contributed by atoms with E-state index in [4.69, 9.17) is 10.5 Å². The Bertz CT molecular complexity index is 719. The molecule has 1 saturated carbocycles. The van der Waals surface area contributed by atoms with Crippen LogP contribution in [0.1, 0.15) is 37.7 Å². The maximum atomic E-state index is 12.6. The number of para-hydroxylation sites is 1. The molecule has 24 heavy (non-hydrogen) atoms. The predicted octanol–water partition coefficient (Wildman–Crippen LogP) is 2.62. The first-order chi connectivity index (χ1) is 11.6. The minimum Gasteiger partial charge on any atom is -0.436 e. The quantitative estimate of drug-likeness (QED) is 0.786. The summed E-state index contributed by atoms with van der Waals surface area (Å²) >= 11 is 0. The number of aromatic amines is 1. The third kappa shape index (κ3) is 3.88. The summed E-state index contributed by atoms with van der Waals surface area (Å²) in [6, 6.07) is 7.97. The van der Waals surface area contributed by atoms with E-state index in [-0.39, 0.29) is 11.9 Å². The number of carbonyl (C=O) groups is 2. The number of fused-ring (bicyclic) bond motifs is 1. The van der Waals surface area contributed by atoms with Crippen molar-refractivity contribution in [3.63, 3.8) is 0 Å². The van der Waals surface area contributed by atoms with E-state index < -0.39 is 12.2 Å². The van der Waals surface area contributed by atoms with Gasteiger partial charge >= 0.3 is 6.09 Å². The average Bonchev–Trinajstić information content (AvgIpc) is 2.98. The molecule has 1 aliphatic carbocycles. The van der Waals surface area contributed by atoms with Gasteiger partial charge in [0.15, 0.2) is 6.10 Å². The highest BCUT2D eigenvalue weighted by Gasteiger charge is 2.26. The second kappa shape index (κ2) is 7.38. The molecule has 0 radical (unpaired) electrons. The zero-order chi connectivity index (χ0) is 16.9. The lowest BCUT2D eigenvalue weighted by molar-refractivity contribution is -0.130. The van der Waals surface area contributed by atoms with Crippen molar-refractivity contribution in [1.82, 2.24) is 10.3 Å². The highest BCUT2D eigenvalue weighted by atomic mass is 16.6. The van der Waals surface area contributed by atoms with Gasteiger partial charge in [0.25, 0.3) is 5.91 Å². The number of benzene rings is 1. The van der Waals surface area contributed by atoms with E-state index in [0.29, 0.717) is 6.42 Å². The minimum absolute atomic E-state index is 0.160. The van der Waals surface area contributed by atoms with Gasteiger partial charge in [-0.2, -0.15) is 0 Å². The van der Waals surface area contributed by atoms with E-state index >= 15 is 0 Å². The fourth-order valence-corrected chi connectivity index (χ4v) is 3.37. The van der Waals surface area contributed by atoms with Crippen LogP contribution in [-0.4, -0.2) is 29.1 Å². The number of aromatic nitrogens is 1. The van der Waals surface area contributed by atoms with Crippen molar-refractivity contribution in [2.75, 3.05) is 0 Å². The van der Waals surface area contributed by atoms with Crippen molar-refractivity contribution < 1.29 is 14.3 Å². The van der Waals surface area contributed by atoms with Crippen LogP contribution in [0.2, 0.25) is 0 Å². The third-order valence-electron chi connectivity index (χ3n) is 4.58. The maximum absolute atomic E-state index is 12.6. The molecule has 0 saturated heterocycles. The highest BCUT2D eigenvalue weighted by molar-refractivity contribution is 5.87.